The van der Waals surface area contributed by atoms with E-state index in [0.29, 0.717) is 49.0 Å². The Morgan fingerprint density at radius 1 is 1.34 bits per heavy atom. The molecule has 1 saturated heterocycles. The van der Waals surface area contributed by atoms with Crippen LogP contribution in [0.15, 0.2) is 28.8 Å². The summed E-state index contributed by atoms with van der Waals surface area (Å²) in [5, 5.41) is 13.2. The van der Waals surface area contributed by atoms with E-state index >= 15 is 0 Å². The molecule has 3 aromatic rings. The minimum absolute atomic E-state index is 0.155. The number of nitriles is 1. The molecule has 29 heavy (non-hydrogen) atoms. The predicted octanol–water partition coefficient (Wildman–Crippen LogP) is 1.94. The van der Waals surface area contributed by atoms with Crippen LogP contribution in [0.2, 0.25) is 0 Å². The van der Waals surface area contributed by atoms with Crippen LogP contribution in [0.1, 0.15) is 30.7 Å². The SMILES string of the molecule is N#Cc1cc2n(n1)CCN(C(=O)CC1CCCN(c3nc4ncccc4o3)C1)C2. The van der Waals surface area contributed by atoms with Gasteiger partial charge in [0, 0.05) is 32.3 Å². The summed E-state index contributed by atoms with van der Waals surface area (Å²) in [5.41, 5.74) is 2.63. The van der Waals surface area contributed by atoms with Crippen molar-refractivity contribution in [1.29, 1.82) is 5.26 Å². The van der Waals surface area contributed by atoms with E-state index in [1.807, 2.05) is 21.7 Å². The molecule has 5 heterocycles. The van der Waals surface area contributed by atoms with E-state index in [2.05, 4.69) is 26.0 Å². The molecule has 2 aliphatic rings. The number of pyridine rings is 1. The number of aromatic nitrogens is 4. The van der Waals surface area contributed by atoms with Gasteiger partial charge in [0.05, 0.1) is 18.8 Å². The molecule has 0 aromatic carbocycles. The topological polar surface area (TPSA) is 104 Å². The van der Waals surface area contributed by atoms with Crippen LogP contribution in [0.3, 0.4) is 0 Å². The van der Waals surface area contributed by atoms with E-state index in [0.717, 1.165) is 31.6 Å². The molecule has 0 saturated carbocycles. The third kappa shape index (κ3) is 3.42. The highest BCUT2D eigenvalue weighted by molar-refractivity contribution is 5.76. The molecule has 0 bridgehead atoms. The van der Waals surface area contributed by atoms with Gasteiger partial charge < -0.3 is 14.2 Å². The number of anilines is 1. The molecule has 9 heteroatoms. The molecule has 1 fully saturated rings. The maximum Gasteiger partial charge on any atom is 0.299 e. The van der Waals surface area contributed by atoms with Crippen molar-refractivity contribution in [1.82, 2.24) is 24.6 Å². The van der Waals surface area contributed by atoms with Crippen molar-refractivity contribution in [3.8, 4) is 6.07 Å². The maximum atomic E-state index is 12.9. The van der Waals surface area contributed by atoms with Crippen LogP contribution in [-0.2, 0) is 17.9 Å². The predicted molar refractivity (Wildman–Crippen MR) is 104 cm³/mol. The summed E-state index contributed by atoms with van der Waals surface area (Å²) in [7, 11) is 0. The molecule has 2 aliphatic heterocycles. The van der Waals surface area contributed by atoms with Gasteiger partial charge in [-0.1, -0.05) is 0 Å². The highest BCUT2D eigenvalue weighted by Gasteiger charge is 2.28. The molecule has 0 aliphatic carbocycles. The fraction of sp³-hybridized carbons (Fsp3) is 0.450. The van der Waals surface area contributed by atoms with E-state index in [1.165, 1.54) is 0 Å². The lowest BCUT2D eigenvalue weighted by molar-refractivity contribution is -0.133. The molecule has 0 spiro atoms. The smallest absolute Gasteiger partial charge is 0.299 e. The average molecular weight is 391 g/mol. The Balaban J connectivity index is 1.23. The molecule has 5 rings (SSSR count). The Bertz CT molecular complexity index is 1060. The number of carbonyl (C=O) groups is 1. The van der Waals surface area contributed by atoms with Crippen LogP contribution in [0.25, 0.3) is 11.2 Å². The van der Waals surface area contributed by atoms with Crippen LogP contribution in [-0.4, -0.2) is 50.2 Å². The first kappa shape index (κ1) is 17.7. The first-order chi connectivity index (χ1) is 14.2. The fourth-order valence-corrected chi connectivity index (χ4v) is 4.21. The van der Waals surface area contributed by atoms with Gasteiger partial charge in [0.15, 0.2) is 11.3 Å². The lowest BCUT2D eigenvalue weighted by atomic mass is 9.94. The summed E-state index contributed by atoms with van der Waals surface area (Å²) >= 11 is 0. The number of oxazole rings is 1. The van der Waals surface area contributed by atoms with Gasteiger partial charge in [-0.05, 0) is 37.0 Å². The van der Waals surface area contributed by atoms with Gasteiger partial charge in [-0.3, -0.25) is 9.48 Å². The zero-order chi connectivity index (χ0) is 19.8. The summed E-state index contributed by atoms with van der Waals surface area (Å²) in [5.74, 6) is 0.419. The van der Waals surface area contributed by atoms with Gasteiger partial charge in [0.2, 0.25) is 11.6 Å². The Labute approximate surface area is 167 Å². The van der Waals surface area contributed by atoms with Crippen LogP contribution < -0.4 is 4.90 Å². The van der Waals surface area contributed by atoms with Gasteiger partial charge in [-0.15, -0.1) is 0 Å². The molecule has 1 unspecified atom stereocenters. The number of rotatable bonds is 3. The second kappa shape index (κ2) is 7.20. The highest BCUT2D eigenvalue weighted by Crippen LogP contribution is 2.27. The monoisotopic (exact) mass is 391 g/mol. The number of amides is 1. The van der Waals surface area contributed by atoms with Gasteiger partial charge >= 0.3 is 0 Å². The second-order valence-electron chi connectivity index (χ2n) is 7.65. The van der Waals surface area contributed by atoms with Crippen molar-refractivity contribution in [3.63, 3.8) is 0 Å². The molecule has 0 N–H and O–H groups in total. The third-order valence-corrected chi connectivity index (χ3v) is 5.67. The van der Waals surface area contributed by atoms with E-state index in [-0.39, 0.29) is 11.8 Å². The summed E-state index contributed by atoms with van der Waals surface area (Å²) in [6, 6.07) is 8.11. The Morgan fingerprint density at radius 2 is 2.28 bits per heavy atom. The standard InChI is InChI=1S/C20H21N7O2/c21-11-15-10-16-13-25(7-8-27(16)24-15)18(28)9-14-3-2-6-26(12-14)20-23-19-17(29-20)4-1-5-22-19/h1,4-5,10,14H,2-3,6-9,12-13H2. The first-order valence-electron chi connectivity index (χ1n) is 9.91. The number of nitrogens with zero attached hydrogens (tertiary/aromatic N) is 7. The molecule has 148 valence electrons. The zero-order valence-corrected chi connectivity index (χ0v) is 16.0. The van der Waals surface area contributed by atoms with Crippen LogP contribution >= 0.6 is 0 Å². The van der Waals surface area contributed by atoms with Crippen molar-refractivity contribution < 1.29 is 9.21 Å². The lowest BCUT2D eigenvalue weighted by Crippen LogP contribution is -2.42. The molecule has 1 atom stereocenters. The number of piperidine rings is 1. The van der Waals surface area contributed by atoms with Crippen molar-refractivity contribution in [2.75, 3.05) is 24.5 Å². The second-order valence-corrected chi connectivity index (χ2v) is 7.65. The fourth-order valence-electron chi connectivity index (χ4n) is 4.21. The van der Waals surface area contributed by atoms with Crippen LogP contribution in [0, 0.1) is 17.2 Å². The number of fused-ring (bicyclic) bond motifs is 2. The van der Waals surface area contributed by atoms with Gasteiger partial charge in [0.1, 0.15) is 6.07 Å². The van der Waals surface area contributed by atoms with Crippen molar-refractivity contribution >= 4 is 23.2 Å². The van der Waals surface area contributed by atoms with Crippen LogP contribution in [0.4, 0.5) is 6.01 Å². The Hall–Kier alpha value is -3.41. The summed E-state index contributed by atoms with van der Waals surface area (Å²) in [4.78, 5) is 25.6. The lowest BCUT2D eigenvalue weighted by Gasteiger charge is -2.33. The summed E-state index contributed by atoms with van der Waals surface area (Å²) in [6.07, 6.45) is 4.23. The minimum Gasteiger partial charge on any atom is -0.422 e. The van der Waals surface area contributed by atoms with Crippen molar-refractivity contribution in [3.05, 3.63) is 35.8 Å². The molecular weight excluding hydrogens is 370 g/mol. The molecule has 9 nitrogen and oxygen atoms in total. The summed E-state index contributed by atoms with van der Waals surface area (Å²) in [6.45, 7) is 3.40. The quantitative estimate of drug-likeness (QED) is 0.672. The van der Waals surface area contributed by atoms with Gasteiger partial charge in [0.25, 0.3) is 6.01 Å². The maximum absolute atomic E-state index is 12.9. The molecular formula is C20H21N7O2. The number of hydrogen-bond acceptors (Lipinski definition) is 7. The van der Waals surface area contributed by atoms with E-state index in [1.54, 1.807) is 12.3 Å². The normalized spacial score (nSPS) is 19.2. The van der Waals surface area contributed by atoms with E-state index < -0.39 is 0 Å². The number of carbonyl (C=O) groups excluding carboxylic acids is 1. The number of hydrogen-bond donors (Lipinski definition) is 0. The molecule has 3 aromatic heterocycles. The summed E-state index contributed by atoms with van der Waals surface area (Å²) < 4.78 is 7.68. The largest absolute Gasteiger partial charge is 0.422 e. The average Bonchev–Trinajstić information content (AvgIpc) is 3.37. The van der Waals surface area contributed by atoms with Crippen molar-refractivity contribution in [2.24, 2.45) is 5.92 Å². The van der Waals surface area contributed by atoms with Gasteiger partial charge in [-0.25, -0.2) is 4.98 Å². The van der Waals surface area contributed by atoms with Crippen molar-refractivity contribution in [2.45, 2.75) is 32.4 Å². The van der Waals surface area contributed by atoms with E-state index in [9.17, 15) is 4.79 Å². The molecule has 0 radical (unpaired) electrons. The Morgan fingerprint density at radius 3 is 3.14 bits per heavy atom. The Kier molecular flexibility index (Phi) is 4.39. The minimum atomic E-state index is 0.155. The van der Waals surface area contributed by atoms with E-state index in [4.69, 9.17) is 9.68 Å². The van der Waals surface area contributed by atoms with Crippen LogP contribution in [0.5, 0.6) is 0 Å². The first-order valence-corrected chi connectivity index (χ1v) is 9.91. The molecule has 1 amide bonds. The van der Waals surface area contributed by atoms with Gasteiger partial charge in [-0.2, -0.15) is 15.3 Å². The zero-order valence-electron chi connectivity index (χ0n) is 16.0. The highest BCUT2D eigenvalue weighted by atomic mass is 16.4. The third-order valence-electron chi connectivity index (χ3n) is 5.67.